The number of imidazole rings is 1. The van der Waals surface area contributed by atoms with Crippen LogP contribution in [0.15, 0.2) is 30.9 Å². The van der Waals surface area contributed by atoms with Gasteiger partial charge >= 0.3 is 0 Å². The number of piperidine rings is 1. The van der Waals surface area contributed by atoms with Crippen LogP contribution in [0.3, 0.4) is 0 Å². The molecule has 0 spiro atoms. The molecule has 4 heteroatoms. The number of likely N-dealkylation sites (tertiary alicyclic amines) is 1. The molecule has 0 atom stereocenters. The number of rotatable bonds is 2. The summed E-state index contributed by atoms with van der Waals surface area (Å²) < 4.78 is 2.02. The van der Waals surface area contributed by atoms with Gasteiger partial charge in [-0.3, -0.25) is 4.79 Å². The average Bonchev–Trinajstić information content (AvgIpc) is 2.86. The first kappa shape index (κ1) is 10.3. The number of fused-ring (bicyclic) bond motifs is 1. The smallest absolute Gasteiger partial charge is 0.209 e. The number of nitrogens with zero attached hydrogens (tertiary/aromatic N) is 3. The summed E-state index contributed by atoms with van der Waals surface area (Å²) in [6.07, 6.45) is 8.82. The Morgan fingerprint density at radius 3 is 2.94 bits per heavy atom. The van der Waals surface area contributed by atoms with Gasteiger partial charge in [0.2, 0.25) is 6.41 Å². The minimum Gasteiger partial charge on any atom is -0.345 e. The van der Waals surface area contributed by atoms with E-state index in [0.717, 1.165) is 37.9 Å². The van der Waals surface area contributed by atoms with Crippen molar-refractivity contribution < 1.29 is 4.79 Å². The zero-order valence-corrected chi connectivity index (χ0v) is 9.62. The molecule has 1 aliphatic rings. The SMILES string of the molecule is O=CN1CCC(c2ccn3cncc3c2)CC1. The van der Waals surface area contributed by atoms with Gasteiger partial charge in [-0.25, -0.2) is 4.98 Å². The van der Waals surface area contributed by atoms with E-state index in [0.29, 0.717) is 5.92 Å². The van der Waals surface area contributed by atoms with Crippen molar-refractivity contribution in [2.24, 2.45) is 0 Å². The molecule has 1 fully saturated rings. The number of pyridine rings is 1. The number of hydrogen-bond acceptors (Lipinski definition) is 2. The van der Waals surface area contributed by atoms with Crippen LogP contribution < -0.4 is 0 Å². The van der Waals surface area contributed by atoms with Gasteiger partial charge in [0.1, 0.15) is 0 Å². The van der Waals surface area contributed by atoms with Crippen LogP contribution in [-0.2, 0) is 4.79 Å². The number of carbonyl (C=O) groups is 1. The molecule has 2 aromatic rings. The Morgan fingerprint density at radius 2 is 2.18 bits per heavy atom. The van der Waals surface area contributed by atoms with Crippen LogP contribution in [0.1, 0.15) is 24.3 Å². The van der Waals surface area contributed by atoms with Crippen LogP contribution in [-0.4, -0.2) is 33.8 Å². The Labute approximate surface area is 99.9 Å². The molecular formula is C13H15N3O. The Kier molecular flexibility index (Phi) is 2.55. The van der Waals surface area contributed by atoms with Gasteiger partial charge < -0.3 is 9.30 Å². The summed E-state index contributed by atoms with van der Waals surface area (Å²) in [5, 5.41) is 0. The molecule has 0 unspecified atom stereocenters. The molecule has 4 nitrogen and oxygen atoms in total. The highest BCUT2D eigenvalue weighted by Gasteiger charge is 2.19. The topological polar surface area (TPSA) is 37.6 Å². The number of aromatic nitrogens is 2. The summed E-state index contributed by atoms with van der Waals surface area (Å²) in [6.45, 7) is 1.75. The third kappa shape index (κ3) is 1.90. The molecule has 1 aliphatic heterocycles. The van der Waals surface area contributed by atoms with E-state index in [1.54, 1.807) is 0 Å². The zero-order chi connectivity index (χ0) is 11.7. The van der Waals surface area contributed by atoms with Crippen molar-refractivity contribution in [1.82, 2.24) is 14.3 Å². The van der Waals surface area contributed by atoms with Crippen LogP contribution in [0, 0.1) is 0 Å². The highest BCUT2D eigenvalue weighted by Crippen LogP contribution is 2.28. The van der Waals surface area contributed by atoms with Crippen LogP contribution in [0.5, 0.6) is 0 Å². The largest absolute Gasteiger partial charge is 0.345 e. The van der Waals surface area contributed by atoms with Crippen molar-refractivity contribution in [3.05, 3.63) is 36.4 Å². The van der Waals surface area contributed by atoms with Gasteiger partial charge in [0, 0.05) is 19.3 Å². The van der Waals surface area contributed by atoms with Crippen LogP contribution in [0.4, 0.5) is 0 Å². The molecule has 0 aromatic carbocycles. The van der Waals surface area contributed by atoms with Gasteiger partial charge in [-0.1, -0.05) is 0 Å². The lowest BCUT2D eigenvalue weighted by atomic mass is 9.90. The zero-order valence-electron chi connectivity index (χ0n) is 9.62. The molecule has 0 bridgehead atoms. The van der Waals surface area contributed by atoms with Crippen molar-refractivity contribution in [1.29, 1.82) is 0 Å². The molecule has 0 aliphatic carbocycles. The predicted molar refractivity (Wildman–Crippen MR) is 64.8 cm³/mol. The first-order valence-electron chi connectivity index (χ1n) is 5.98. The Balaban J connectivity index is 1.81. The van der Waals surface area contributed by atoms with Gasteiger partial charge in [-0.2, -0.15) is 0 Å². The maximum Gasteiger partial charge on any atom is 0.209 e. The maximum absolute atomic E-state index is 10.7. The van der Waals surface area contributed by atoms with E-state index in [1.807, 2.05) is 21.8 Å². The minimum atomic E-state index is 0.575. The maximum atomic E-state index is 10.7. The monoisotopic (exact) mass is 229 g/mol. The summed E-state index contributed by atoms with van der Waals surface area (Å²) in [7, 11) is 0. The molecule has 17 heavy (non-hydrogen) atoms. The van der Waals surface area contributed by atoms with Crippen LogP contribution in [0.25, 0.3) is 5.52 Å². The summed E-state index contributed by atoms with van der Waals surface area (Å²) in [6, 6.07) is 4.37. The van der Waals surface area contributed by atoms with Gasteiger partial charge in [-0.15, -0.1) is 0 Å². The summed E-state index contributed by atoms with van der Waals surface area (Å²) in [5.74, 6) is 0.575. The summed E-state index contributed by atoms with van der Waals surface area (Å²) in [5.41, 5.74) is 2.50. The predicted octanol–water partition coefficient (Wildman–Crippen LogP) is 1.67. The minimum absolute atomic E-state index is 0.575. The molecule has 0 saturated carbocycles. The van der Waals surface area contributed by atoms with E-state index >= 15 is 0 Å². The number of amides is 1. The van der Waals surface area contributed by atoms with Crippen molar-refractivity contribution in [3.8, 4) is 0 Å². The van der Waals surface area contributed by atoms with Crippen molar-refractivity contribution >= 4 is 11.9 Å². The lowest BCUT2D eigenvalue weighted by Crippen LogP contribution is -2.31. The molecule has 3 rings (SSSR count). The van der Waals surface area contributed by atoms with Crippen molar-refractivity contribution in [2.45, 2.75) is 18.8 Å². The lowest BCUT2D eigenvalue weighted by molar-refractivity contribution is -0.119. The lowest BCUT2D eigenvalue weighted by Gasteiger charge is -2.29. The first-order valence-corrected chi connectivity index (χ1v) is 5.98. The van der Waals surface area contributed by atoms with Crippen LogP contribution >= 0.6 is 0 Å². The summed E-state index contributed by atoms with van der Waals surface area (Å²) in [4.78, 5) is 16.6. The second-order valence-electron chi connectivity index (χ2n) is 4.60. The first-order chi connectivity index (χ1) is 8.36. The second kappa shape index (κ2) is 4.20. The highest BCUT2D eigenvalue weighted by atomic mass is 16.1. The highest BCUT2D eigenvalue weighted by molar-refractivity contribution is 5.49. The van der Waals surface area contributed by atoms with E-state index in [9.17, 15) is 4.79 Å². The summed E-state index contributed by atoms with van der Waals surface area (Å²) >= 11 is 0. The molecule has 2 aromatic heterocycles. The van der Waals surface area contributed by atoms with Crippen molar-refractivity contribution in [3.63, 3.8) is 0 Å². The fourth-order valence-electron chi connectivity index (χ4n) is 2.53. The molecule has 0 N–H and O–H groups in total. The molecular weight excluding hydrogens is 214 g/mol. The van der Waals surface area contributed by atoms with Gasteiger partial charge in [0.15, 0.2) is 0 Å². The third-order valence-electron chi connectivity index (χ3n) is 3.59. The van der Waals surface area contributed by atoms with E-state index in [-0.39, 0.29) is 0 Å². The molecule has 1 amide bonds. The molecule has 88 valence electrons. The standard InChI is InChI=1S/C13H15N3O/c17-10-15-4-1-11(2-5-15)12-3-6-16-9-14-8-13(16)7-12/h3,6-11H,1-2,4-5H2. The van der Waals surface area contributed by atoms with E-state index in [4.69, 9.17) is 0 Å². The Morgan fingerprint density at radius 1 is 1.35 bits per heavy atom. The molecule has 1 saturated heterocycles. The third-order valence-corrected chi connectivity index (χ3v) is 3.59. The second-order valence-corrected chi connectivity index (χ2v) is 4.60. The van der Waals surface area contributed by atoms with Gasteiger partial charge in [0.05, 0.1) is 18.0 Å². The van der Waals surface area contributed by atoms with E-state index in [1.165, 1.54) is 5.56 Å². The normalized spacial score (nSPS) is 17.5. The average molecular weight is 229 g/mol. The number of hydrogen-bond donors (Lipinski definition) is 0. The molecule has 0 radical (unpaired) electrons. The molecule has 3 heterocycles. The van der Waals surface area contributed by atoms with Crippen LogP contribution in [0.2, 0.25) is 0 Å². The fourth-order valence-corrected chi connectivity index (χ4v) is 2.53. The Bertz CT molecular complexity index is 526. The fraction of sp³-hybridized carbons (Fsp3) is 0.385. The van der Waals surface area contributed by atoms with E-state index < -0.39 is 0 Å². The number of carbonyl (C=O) groups excluding carboxylic acids is 1. The quantitative estimate of drug-likeness (QED) is 0.735. The Hall–Kier alpha value is -1.84. The van der Waals surface area contributed by atoms with Crippen molar-refractivity contribution in [2.75, 3.05) is 13.1 Å². The van der Waals surface area contributed by atoms with Gasteiger partial charge in [-0.05, 0) is 36.5 Å². The van der Waals surface area contributed by atoms with E-state index in [2.05, 4.69) is 23.3 Å². The van der Waals surface area contributed by atoms with Gasteiger partial charge in [0.25, 0.3) is 0 Å².